The molecule has 2 fully saturated rings. The van der Waals surface area contributed by atoms with Gasteiger partial charge in [-0.05, 0) is 0 Å². The summed E-state index contributed by atoms with van der Waals surface area (Å²) in [6.07, 6.45) is -0.867. The highest BCUT2D eigenvalue weighted by Gasteiger charge is 2.82. The van der Waals surface area contributed by atoms with Gasteiger partial charge in [0.15, 0.2) is 17.2 Å². The van der Waals surface area contributed by atoms with Gasteiger partial charge in [-0.1, -0.05) is 0 Å². The van der Waals surface area contributed by atoms with Crippen molar-refractivity contribution in [1.29, 1.82) is 0 Å². The van der Waals surface area contributed by atoms with Gasteiger partial charge in [-0.15, -0.1) is 0 Å². The average molecular weight is 273 g/mol. The first-order valence-corrected chi connectivity index (χ1v) is 5.50. The summed E-state index contributed by atoms with van der Waals surface area (Å²) in [5, 5.41) is 20.8. The van der Waals surface area contributed by atoms with Crippen LogP contribution in [0, 0.1) is 5.82 Å². The predicted molar refractivity (Wildman–Crippen MR) is 58.5 cm³/mol. The average Bonchev–Trinajstić information content (AvgIpc) is 2.87. The van der Waals surface area contributed by atoms with Crippen LogP contribution in [0.1, 0.15) is 0 Å². The molecule has 2 aliphatic rings. The number of aromatic nitrogens is 2. The highest BCUT2D eigenvalue weighted by atomic mass is 19.1. The predicted octanol–water partition coefficient (Wildman–Crippen LogP) is -2.23. The maximum atomic E-state index is 13.4. The minimum absolute atomic E-state index is 0.376. The first kappa shape index (κ1) is 12.5. The molecule has 104 valence electrons. The van der Waals surface area contributed by atoms with Crippen molar-refractivity contribution in [3.63, 3.8) is 0 Å². The van der Waals surface area contributed by atoms with E-state index in [9.17, 15) is 19.4 Å². The van der Waals surface area contributed by atoms with E-state index in [1.807, 2.05) is 0 Å². The number of methoxy groups -OCH3 is 1. The molecule has 4 atom stereocenters. The third-order valence-corrected chi connectivity index (χ3v) is 3.70. The molecule has 0 aromatic carbocycles. The van der Waals surface area contributed by atoms with Crippen LogP contribution < -0.4 is 11.4 Å². The number of hydrogen-bond acceptors (Lipinski definition) is 7. The van der Waals surface area contributed by atoms with Gasteiger partial charge in [0.05, 0.1) is 12.8 Å². The van der Waals surface area contributed by atoms with Gasteiger partial charge in [-0.2, -0.15) is 4.98 Å². The van der Waals surface area contributed by atoms with E-state index in [0.29, 0.717) is 10.8 Å². The van der Waals surface area contributed by atoms with Crippen LogP contribution in [-0.2, 0) is 15.2 Å². The fraction of sp³-hybridized carbons (Fsp3) is 0.600. The molecular formula is C10H12FN3O5. The maximum Gasteiger partial charge on any atom is 0.352 e. The van der Waals surface area contributed by atoms with Crippen LogP contribution in [0.15, 0.2) is 11.0 Å². The van der Waals surface area contributed by atoms with Crippen LogP contribution >= 0.6 is 0 Å². The Morgan fingerprint density at radius 3 is 2.95 bits per heavy atom. The standard InChI is InChI=1S/C10H12FN3O5/c1-18-5-6-10(5,17)9(16,3-19-6)14-2-4(11)7(12)13-8(14)15/h2,5-6,16-17H,3H2,1H3,(H2,12,13,15). The minimum atomic E-state index is -2.14. The quantitative estimate of drug-likeness (QED) is 0.557. The first-order valence-electron chi connectivity index (χ1n) is 5.50. The van der Waals surface area contributed by atoms with Crippen molar-refractivity contribution >= 4 is 5.82 Å². The number of nitrogens with two attached hydrogens (primary N) is 1. The van der Waals surface area contributed by atoms with Crippen molar-refractivity contribution < 1.29 is 24.1 Å². The highest BCUT2D eigenvalue weighted by Crippen LogP contribution is 2.56. The second kappa shape index (κ2) is 3.51. The van der Waals surface area contributed by atoms with Crippen LogP contribution in [-0.4, -0.2) is 51.3 Å². The van der Waals surface area contributed by atoms with Gasteiger partial charge >= 0.3 is 5.69 Å². The van der Waals surface area contributed by atoms with Gasteiger partial charge in [-0.25, -0.2) is 9.18 Å². The fourth-order valence-corrected chi connectivity index (χ4v) is 2.58. The molecule has 4 unspecified atom stereocenters. The SMILES string of the molecule is COC1C2OCC(O)(n3cc(F)c(N)nc3=O)C12O. The lowest BCUT2D eigenvalue weighted by Gasteiger charge is -2.30. The van der Waals surface area contributed by atoms with Gasteiger partial charge < -0.3 is 25.4 Å². The van der Waals surface area contributed by atoms with Crippen LogP contribution in [0.4, 0.5) is 10.2 Å². The van der Waals surface area contributed by atoms with E-state index < -0.39 is 40.9 Å². The molecule has 1 aliphatic carbocycles. The molecule has 9 heteroatoms. The number of aliphatic hydroxyl groups is 2. The third kappa shape index (κ3) is 1.30. The molecule has 8 nitrogen and oxygen atoms in total. The van der Waals surface area contributed by atoms with Crippen molar-refractivity contribution in [2.45, 2.75) is 23.5 Å². The van der Waals surface area contributed by atoms with E-state index in [0.717, 1.165) is 0 Å². The lowest BCUT2D eigenvalue weighted by molar-refractivity contribution is -0.168. The zero-order chi connectivity index (χ0) is 14.0. The zero-order valence-electron chi connectivity index (χ0n) is 9.91. The minimum Gasteiger partial charge on any atom is -0.381 e. The second-order valence-electron chi connectivity index (χ2n) is 4.66. The molecule has 4 N–H and O–H groups in total. The first-order chi connectivity index (χ1) is 8.86. The largest absolute Gasteiger partial charge is 0.381 e. The van der Waals surface area contributed by atoms with Crippen LogP contribution in [0.25, 0.3) is 0 Å². The Morgan fingerprint density at radius 1 is 1.68 bits per heavy atom. The summed E-state index contributed by atoms with van der Waals surface area (Å²) in [6.45, 7) is -0.376. The van der Waals surface area contributed by atoms with E-state index in [-0.39, 0.29) is 6.61 Å². The molecule has 0 amide bonds. The molecule has 0 radical (unpaired) electrons. The van der Waals surface area contributed by atoms with E-state index in [4.69, 9.17) is 15.2 Å². The lowest BCUT2D eigenvalue weighted by Crippen LogP contribution is -2.54. The van der Waals surface area contributed by atoms with Gasteiger partial charge in [0, 0.05) is 7.11 Å². The van der Waals surface area contributed by atoms with Gasteiger partial charge in [0.1, 0.15) is 12.2 Å². The molecule has 1 saturated heterocycles. The summed E-state index contributed by atoms with van der Waals surface area (Å²) in [6, 6.07) is 0. The number of rotatable bonds is 2. The topological polar surface area (TPSA) is 120 Å². The number of nitrogens with zero attached hydrogens (tertiary/aromatic N) is 2. The molecule has 1 aliphatic heterocycles. The maximum absolute atomic E-state index is 13.4. The summed E-state index contributed by atoms with van der Waals surface area (Å²) in [5.41, 5.74) is 0.226. The van der Waals surface area contributed by atoms with Gasteiger partial charge in [0.25, 0.3) is 0 Å². The smallest absolute Gasteiger partial charge is 0.352 e. The lowest BCUT2D eigenvalue weighted by atomic mass is 10.1. The molecule has 19 heavy (non-hydrogen) atoms. The molecule has 1 aromatic rings. The van der Waals surface area contributed by atoms with E-state index >= 15 is 0 Å². The Bertz CT molecular complexity index is 601. The normalized spacial score (nSPS) is 40.2. The Hall–Kier alpha value is -1.55. The zero-order valence-corrected chi connectivity index (χ0v) is 9.91. The van der Waals surface area contributed by atoms with Crippen molar-refractivity contribution in [2.24, 2.45) is 0 Å². The Balaban J connectivity index is 2.12. The number of nitrogen functional groups attached to an aromatic ring is 1. The number of halogens is 1. The molecule has 2 heterocycles. The second-order valence-corrected chi connectivity index (χ2v) is 4.66. The van der Waals surface area contributed by atoms with E-state index in [1.165, 1.54) is 7.11 Å². The summed E-state index contributed by atoms with van der Waals surface area (Å²) in [4.78, 5) is 15.0. The Kier molecular flexibility index (Phi) is 2.31. The Morgan fingerprint density at radius 2 is 2.37 bits per heavy atom. The number of hydrogen-bond donors (Lipinski definition) is 3. The third-order valence-electron chi connectivity index (χ3n) is 3.70. The number of fused-ring (bicyclic) bond motifs is 1. The van der Waals surface area contributed by atoms with E-state index in [1.54, 1.807) is 0 Å². The van der Waals surface area contributed by atoms with Crippen LogP contribution in [0.3, 0.4) is 0 Å². The van der Waals surface area contributed by atoms with E-state index in [2.05, 4.69) is 4.98 Å². The fourth-order valence-electron chi connectivity index (χ4n) is 2.58. The van der Waals surface area contributed by atoms with Crippen LogP contribution in [0.5, 0.6) is 0 Å². The molecule has 1 saturated carbocycles. The highest BCUT2D eigenvalue weighted by molar-refractivity contribution is 5.31. The van der Waals surface area contributed by atoms with Gasteiger partial charge in [0.2, 0.25) is 5.72 Å². The molecular weight excluding hydrogens is 261 g/mol. The molecule has 3 rings (SSSR count). The van der Waals surface area contributed by atoms with Crippen LogP contribution in [0.2, 0.25) is 0 Å². The molecule has 0 bridgehead atoms. The van der Waals surface area contributed by atoms with Crippen molar-refractivity contribution in [3.05, 3.63) is 22.5 Å². The summed E-state index contributed by atoms with van der Waals surface area (Å²) < 4.78 is 24.1. The molecule has 1 aromatic heterocycles. The molecule has 0 spiro atoms. The van der Waals surface area contributed by atoms with Crippen molar-refractivity contribution in [1.82, 2.24) is 9.55 Å². The number of ether oxygens (including phenoxy) is 2. The summed E-state index contributed by atoms with van der Waals surface area (Å²) in [7, 11) is 1.33. The number of anilines is 1. The van der Waals surface area contributed by atoms with Gasteiger partial charge in [-0.3, -0.25) is 4.57 Å². The monoisotopic (exact) mass is 273 g/mol. The summed E-state index contributed by atoms with van der Waals surface area (Å²) >= 11 is 0. The van der Waals surface area contributed by atoms with Crippen molar-refractivity contribution in [3.8, 4) is 0 Å². The van der Waals surface area contributed by atoms with Crippen molar-refractivity contribution in [2.75, 3.05) is 19.5 Å². The Labute approximate surface area is 106 Å². The summed E-state index contributed by atoms with van der Waals surface area (Å²) in [5.74, 6) is -1.55.